The highest BCUT2D eigenvalue weighted by molar-refractivity contribution is 5.80. The van der Waals surface area contributed by atoms with Gasteiger partial charge in [-0.05, 0) is 67.7 Å². The lowest BCUT2D eigenvalue weighted by Crippen LogP contribution is -2.60. The van der Waals surface area contributed by atoms with E-state index in [9.17, 15) is 35.9 Å². The molecule has 20 nitrogen and oxygen atoms in total. The average molecular weight is 1010 g/mol. The zero-order valence-electron chi connectivity index (χ0n) is 41.7. The molecular formula is C46H60F6N18O2. The summed E-state index contributed by atoms with van der Waals surface area (Å²) in [7, 11) is 11.0. The molecule has 2 atom stereocenters. The SMILES string of the molecule is [C-]#[N+]c1ncc(N2CCC3(CC2)CN(CCN(C)C)C(=O)N3C(C)C(F)(F)F)nc1-c1cnn(C)c1.[C-]#[N+]c1ncc(N2CCC3(CC2)CN(CCN(C)C)C(=O)N3C(C)C(F)(F)F)nc1-c1cnn(C)c1. The Morgan fingerprint density at radius 2 is 0.972 bits per heavy atom. The number of alkyl halides is 6. The summed E-state index contributed by atoms with van der Waals surface area (Å²) in [6.07, 6.45) is 2.18. The molecule has 2 spiro atoms. The molecule has 72 heavy (non-hydrogen) atoms. The van der Waals surface area contributed by atoms with Gasteiger partial charge in [0.15, 0.2) is 24.0 Å². The van der Waals surface area contributed by atoms with Gasteiger partial charge in [0, 0.05) is 103 Å². The van der Waals surface area contributed by atoms with Crippen molar-refractivity contribution in [3.05, 3.63) is 60.0 Å². The summed E-state index contributed by atoms with van der Waals surface area (Å²) < 4.78 is 86.0. The van der Waals surface area contributed by atoms with Gasteiger partial charge >= 0.3 is 24.4 Å². The summed E-state index contributed by atoms with van der Waals surface area (Å²) in [6.45, 7) is 21.0. The van der Waals surface area contributed by atoms with Gasteiger partial charge in [0.25, 0.3) is 11.6 Å². The van der Waals surface area contributed by atoms with Gasteiger partial charge in [-0.3, -0.25) is 9.36 Å². The third-order valence-electron chi connectivity index (χ3n) is 14.0. The molecule has 4 amide bonds. The first-order valence-corrected chi connectivity index (χ1v) is 23.5. The van der Waals surface area contributed by atoms with E-state index in [0.29, 0.717) is 112 Å². The number of piperidine rings is 2. The van der Waals surface area contributed by atoms with Gasteiger partial charge in [-0.15, -0.1) is 9.97 Å². The first-order valence-electron chi connectivity index (χ1n) is 23.5. The van der Waals surface area contributed by atoms with Crippen molar-refractivity contribution in [3.8, 4) is 22.5 Å². The highest BCUT2D eigenvalue weighted by Gasteiger charge is 2.59. The number of carbonyl (C=O) groups is 2. The smallest absolute Gasteiger partial charge is 0.359 e. The van der Waals surface area contributed by atoms with Gasteiger partial charge in [-0.1, -0.05) is 13.1 Å². The molecule has 4 aromatic heterocycles. The fourth-order valence-corrected chi connectivity index (χ4v) is 9.94. The van der Waals surface area contributed by atoms with Crippen LogP contribution in [0.15, 0.2) is 37.2 Å². The van der Waals surface area contributed by atoms with Crippen molar-refractivity contribution in [2.24, 2.45) is 14.1 Å². The van der Waals surface area contributed by atoms with E-state index in [-0.39, 0.29) is 24.7 Å². The highest BCUT2D eigenvalue weighted by Crippen LogP contribution is 2.44. The molecule has 8 rings (SSSR count). The van der Waals surface area contributed by atoms with Crippen LogP contribution in [0.25, 0.3) is 32.2 Å². The lowest BCUT2D eigenvalue weighted by Gasteiger charge is -2.46. The van der Waals surface area contributed by atoms with Crippen LogP contribution in [-0.4, -0.2) is 210 Å². The van der Waals surface area contributed by atoms with Crippen molar-refractivity contribution in [2.45, 2.75) is 75.0 Å². The fourth-order valence-electron chi connectivity index (χ4n) is 9.94. The summed E-state index contributed by atoms with van der Waals surface area (Å²) in [5.41, 5.74) is 0.322. The van der Waals surface area contributed by atoms with E-state index < -0.39 is 47.6 Å². The number of nitrogens with zero attached hydrogens (tertiary/aromatic N) is 18. The molecule has 4 fully saturated rings. The van der Waals surface area contributed by atoms with Crippen molar-refractivity contribution in [3.63, 3.8) is 0 Å². The number of hydrogen-bond donors (Lipinski definition) is 0. The molecule has 0 N–H and O–H groups in total. The van der Waals surface area contributed by atoms with E-state index in [1.807, 2.05) is 47.8 Å². The number of halogens is 6. The van der Waals surface area contributed by atoms with Crippen LogP contribution in [0, 0.1) is 13.1 Å². The van der Waals surface area contributed by atoms with Crippen LogP contribution in [0.3, 0.4) is 0 Å². The number of hydrogen-bond acceptors (Lipinski definition) is 12. The molecule has 4 saturated heterocycles. The summed E-state index contributed by atoms with van der Waals surface area (Å²) in [5, 5.41) is 8.28. The predicted octanol–water partition coefficient (Wildman–Crippen LogP) is 6.03. The van der Waals surface area contributed by atoms with Crippen LogP contribution in [0.1, 0.15) is 39.5 Å². The van der Waals surface area contributed by atoms with Gasteiger partial charge in [-0.2, -0.15) is 36.5 Å². The van der Waals surface area contributed by atoms with E-state index in [1.165, 1.54) is 12.4 Å². The normalized spacial score (nSPS) is 18.9. The van der Waals surface area contributed by atoms with Gasteiger partial charge in [0.1, 0.15) is 23.5 Å². The van der Waals surface area contributed by atoms with Gasteiger partial charge in [0.05, 0.1) is 23.5 Å². The van der Waals surface area contributed by atoms with Crippen molar-refractivity contribution in [1.82, 2.24) is 68.9 Å². The van der Waals surface area contributed by atoms with Crippen molar-refractivity contribution >= 4 is 35.3 Å². The third-order valence-corrected chi connectivity index (χ3v) is 14.0. The molecule has 0 aromatic carbocycles. The van der Waals surface area contributed by atoms with Crippen LogP contribution in [-0.2, 0) is 14.1 Å². The lowest BCUT2D eigenvalue weighted by atomic mass is 9.85. The molecule has 2 unspecified atom stereocenters. The molecular weight excluding hydrogens is 951 g/mol. The van der Waals surface area contributed by atoms with Crippen LogP contribution < -0.4 is 9.80 Å². The van der Waals surface area contributed by atoms with E-state index in [4.69, 9.17) is 13.1 Å². The molecule has 0 bridgehead atoms. The Morgan fingerprint density at radius 3 is 1.25 bits per heavy atom. The minimum absolute atomic E-state index is 0.156. The van der Waals surface area contributed by atoms with Crippen LogP contribution >= 0.6 is 0 Å². The molecule has 0 saturated carbocycles. The Labute approximate surface area is 414 Å². The maximum Gasteiger partial charge on any atom is 0.408 e. The number of rotatable bonds is 12. The monoisotopic (exact) mass is 1010 g/mol. The molecule has 4 aromatic rings. The standard InChI is InChI=1S/2C23H30F3N9O/c2*1-16(23(24,25)26)35-21(36)34(11-10-31(3)4)15-22(35)6-8-33(9-7-22)18-13-28-20(27-2)19(30-18)17-12-29-32(5)14-17/h2*12-14,16H,6-11,15H2,1,3-5H3. The van der Waals surface area contributed by atoms with Crippen LogP contribution in [0.2, 0.25) is 0 Å². The number of anilines is 2. The number of aromatic nitrogens is 8. The van der Waals surface area contributed by atoms with Crippen LogP contribution in [0.5, 0.6) is 0 Å². The van der Waals surface area contributed by atoms with E-state index in [1.54, 1.807) is 58.0 Å². The Kier molecular flexibility index (Phi) is 15.3. The summed E-state index contributed by atoms with van der Waals surface area (Å²) >= 11 is 0. The van der Waals surface area contributed by atoms with E-state index in [0.717, 1.165) is 23.6 Å². The fraction of sp³-hybridized carbons (Fsp3) is 0.609. The Bertz CT molecular complexity index is 2480. The van der Waals surface area contributed by atoms with Crippen LogP contribution in [0.4, 0.5) is 59.2 Å². The Balaban J connectivity index is 0.000000211. The second-order valence-electron chi connectivity index (χ2n) is 19.4. The molecule has 388 valence electrons. The lowest BCUT2D eigenvalue weighted by molar-refractivity contribution is -0.181. The molecule has 0 radical (unpaired) electrons. The summed E-state index contributed by atoms with van der Waals surface area (Å²) in [6, 6.07) is -4.88. The second kappa shape index (κ2) is 20.7. The highest BCUT2D eigenvalue weighted by atomic mass is 19.4. The minimum Gasteiger partial charge on any atom is -0.359 e. The number of urea groups is 2. The molecule has 0 aliphatic carbocycles. The zero-order valence-corrected chi connectivity index (χ0v) is 41.7. The van der Waals surface area contributed by atoms with E-state index in [2.05, 4.69) is 39.8 Å². The topological polar surface area (TPSA) is 156 Å². The quantitative estimate of drug-likeness (QED) is 0.120. The van der Waals surface area contributed by atoms with Crippen molar-refractivity contribution in [2.75, 3.05) is 103 Å². The molecule has 26 heteroatoms. The largest absolute Gasteiger partial charge is 0.408 e. The van der Waals surface area contributed by atoms with E-state index >= 15 is 0 Å². The number of aryl methyl sites for hydroxylation is 2. The Hall–Kier alpha value is -6.80. The first kappa shape index (κ1) is 53.0. The molecule has 4 aliphatic rings. The third kappa shape index (κ3) is 11.0. The van der Waals surface area contributed by atoms with Gasteiger partial charge < -0.3 is 48.9 Å². The Morgan fingerprint density at radius 1 is 0.625 bits per heavy atom. The predicted molar refractivity (Wildman–Crippen MR) is 255 cm³/mol. The zero-order chi connectivity index (χ0) is 52.5. The number of amides is 4. The first-order chi connectivity index (χ1) is 33.9. The van der Waals surface area contributed by atoms with Crippen molar-refractivity contribution in [1.29, 1.82) is 0 Å². The second-order valence-corrected chi connectivity index (χ2v) is 19.4. The van der Waals surface area contributed by atoms with Gasteiger partial charge in [-0.25, -0.2) is 19.6 Å². The van der Waals surface area contributed by atoms with Crippen molar-refractivity contribution < 1.29 is 35.9 Å². The number of carbonyl (C=O) groups excluding carboxylic acids is 2. The minimum atomic E-state index is -4.52. The maximum absolute atomic E-state index is 13.8. The van der Waals surface area contributed by atoms with Gasteiger partial charge in [0.2, 0.25) is 0 Å². The maximum atomic E-state index is 13.8. The molecule has 8 heterocycles. The number of likely N-dealkylation sites (N-methyl/N-ethyl adjacent to an activating group) is 2. The molecule has 4 aliphatic heterocycles. The summed E-state index contributed by atoms with van der Waals surface area (Å²) in [5.74, 6) is 1.40. The summed E-state index contributed by atoms with van der Waals surface area (Å²) in [4.78, 5) is 64.0. The average Bonchev–Trinajstić information content (AvgIpc) is 4.10.